The van der Waals surface area contributed by atoms with E-state index in [-0.39, 0.29) is 5.82 Å². The van der Waals surface area contributed by atoms with Gasteiger partial charge in [-0.05, 0) is 31.4 Å². The molecule has 1 aromatic heterocycles. The number of hydrogen-bond donors (Lipinski definition) is 0. The third kappa shape index (κ3) is 1.68. The number of benzene rings is 1. The molecular formula is C13H16FN3. The molecule has 17 heavy (non-hydrogen) atoms. The van der Waals surface area contributed by atoms with Crippen molar-refractivity contribution < 1.29 is 4.39 Å². The number of piperidine rings is 1. The Morgan fingerprint density at radius 3 is 2.71 bits per heavy atom. The zero-order chi connectivity index (χ0) is 11.8. The Bertz CT molecular complexity index is 541. The highest BCUT2D eigenvalue weighted by Crippen LogP contribution is 2.29. The van der Waals surface area contributed by atoms with Gasteiger partial charge in [0, 0.05) is 25.5 Å². The lowest BCUT2D eigenvalue weighted by Crippen LogP contribution is -2.29. The van der Waals surface area contributed by atoms with E-state index < -0.39 is 0 Å². The van der Waals surface area contributed by atoms with Crippen LogP contribution in [-0.2, 0) is 7.05 Å². The fourth-order valence-electron chi connectivity index (χ4n) is 2.61. The van der Waals surface area contributed by atoms with Crippen molar-refractivity contribution in [3.8, 4) is 0 Å². The normalized spacial score (nSPS) is 16.7. The maximum absolute atomic E-state index is 13.7. The van der Waals surface area contributed by atoms with Crippen molar-refractivity contribution in [3.63, 3.8) is 0 Å². The Balaban J connectivity index is 2.13. The SMILES string of the molecule is Cn1nc(N2CCCCC2)c2cccc(F)c21. The van der Waals surface area contributed by atoms with Crippen molar-refractivity contribution in [2.75, 3.05) is 18.0 Å². The van der Waals surface area contributed by atoms with E-state index >= 15 is 0 Å². The van der Waals surface area contributed by atoms with Crippen molar-refractivity contribution in [1.82, 2.24) is 9.78 Å². The van der Waals surface area contributed by atoms with Gasteiger partial charge < -0.3 is 4.90 Å². The van der Waals surface area contributed by atoms with E-state index in [1.807, 2.05) is 6.07 Å². The molecule has 1 aliphatic heterocycles. The average Bonchev–Trinajstić information content (AvgIpc) is 2.69. The summed E-state index contributed by atoms with van der Waals surface area (Å²) in [5.74, 6) is 0.738. The standard InChI is InChI=1S/C13H16FN3/c1-16-12-10(6-5-7-11(12)14)13(15-16)17-8-3-2-4-9-17/h5-7H,2-4,8-9H2,1H3. The van der Waals surface area contributed by atoms with Gasteiger partial charge in [-0.3, -0.25) is 4.68 Å². The van der Waals surface area contributed by atoms with Crippen LogP contribution < -0.4 is 4.90 Å². The number of aryl methyl sites for hydroxylation is 1. The second kappa shape index (κ2) is 4.02. The number of anilines is 1. The highest BCUT2D eigenvalue weighted by molar-refractivity contribution is 5.91. The largest absolute Gasteiger partial charge is 0.355 e. The van der Waals surface area contributed by atoms with Crippen LogP contribution in [0.5, 0.6) is 0 Å². The number of hydrogen-bond acceptors (Lipinski definition) is 2. The number of rotatable bonds is 1. The first-order valence-electron chi connectivity index (χ1n) is 6.13. The summed E-state index contributed by atoms with van der Waals surface area (Å²) in [6.07, 6.45) is 3.69. The van der Waals surface area contributed by atoms with E-state index in [1.165, 1.54) is 25.3 Å². The zero-order valence-corrected chi connectivity index (χ0v) is 9.99. The Morgan fingerprint density at radius 1 is 1.18 bits per heavy atom. The van der Waals surface area contributed by atoms with Crippen LogP contribution >= 0.6 is 0 Å². The summed E-state index contributed by atoms with van der Waals surface area (Å²) in [5.41, 5.74) is 0.605. The lowest BCUT2D eigenvalue weighted by Gasteiger charge is -2.26. The molecule has 0 radical (unpaired) electrons. The number of nitrogens with zero attached hydrogens (tertiary/aromatic N) is 3. The molecule has 90 valence electrons. The molecule has 1 fully saturated rings. The van der Waals surface area contributed by atoms with E-state index in [9.17, 15) is 4.39 Å². The van der Waals surface area contributed by atoms with Gasteiger partial charge in [-0.1, -0.05) is 6.07 Å². The molecular weight excluding hydrogens is 217 g/mol. The smallest absolute Gasteiger partial charge is 0.158 e. The van der Waals surface area contributed by atoms with Gasteiger partial charge in [0.25, 0.3) is 0 Å². The first-order chi connectivity index (χ1) is 8.27. The number of aromatic nitrogens is 2. The maximum Gasteiger partial charge on any atom is 0.158 e. The molecule has 0 spiro atoms. The quantitative estimate of drug-likeness (QED) is 0.755. The highest BCUT2D eigenvalue weighted by atomic mass is 19.1. The average molecular weight is 233 g/mol. The minimum Gasteiger partial charge on any atom is -0.355 e. The Morgan fingerprint density at radius 2 is 1.94 bits per heavy atom. The van der Waals surface area contributed by atoms with Crippen molar-refractivity contribution in [1.29, 1.82) is 0 Å². The van der Waals surface area contributed by atoms with E-state index in [0.29, 0.717) is 5.52 Å². The number of para-hydroxylation sites is 1. The monoisotopic (exact) mass is 233 g/mol. The lowest BCUT2D eigenvalue weighted by atomic mass is 10.1. The van der Waals surface area contributed by atoms with Gasteiger partial charge in [0.2, 0.25) is 0 Å². The first kappa shape index (κ1) is 10.6. The third-order valence-electron chi connectivity index (χ3n) is 3.45. The van der Waals surface area contributed by atoms with Crippen LogP contribution in [0.2, 0.25) is 0 Å². The molecule has 3 rings (SSSR count). The third-order valence-corrected chi connectivity index (χ3v) is 3.45. The molecule has 1 aromatic carbocycles. The topological polar surface area (TPSA) is 21.1 Å². The molecule has 0 unspecified atom stereocenters. The van der Waals surface area contributed by atoms with Gasteiger partial charge in [-0.25, -0.2) is 4.39 Å². The van der Waals surface area contributed by atoms with Crippen LogP contribution in [0.25, 0.3) is 10.9 Å². The van der Waals surface area contributed by atoms with Crippen LogP contribution in [0.1, 0.15) is 19.3 Å². The molecule has 0 amide bonds. The zero-order valence-electron chi connectivity index (χ0n) is 9.99. The van der Waals surface area contributed by atoms with E-state index in [1.54, 1.807) is 17.8 Å². The van der Waals surface area contributed by atoms with E-state index in [4.69, 9.17) is 0 Å². The second-order valence-electron chi connectivity index (χ2n) is 4.63. The molecule has 0 N–H and O–H groups in total. The van der Waals surface area contributed by atoms with Crippen molar-refractivity contribution in [2.45, 2.75) is 19.3 Å². The molecule has 1 saturated heterocycles. The van der Waals surface area contributed by atoms with Crippen molar-refractivity contribution in [3.05, 3.63) is 24.0 Å². The van der Waals surface area contributed by atoms with Gasteiger partial charge in [0.15, 0.2) is 5.82 Å². The van der Waals surface area contributed by atoms with E-state index in [0.717, 1.165) is 24.3 Å². The minimum absolute atomic E-state index is 0.194. The summed E-state index contributed by atoms with van der Waals surface area (Å²) in [7, 11) is 1.80. The molecule has 2 heterocycles. The molecule has 3 nitrogen and oxygen atoms in total. The van der Waals surface area contributed by atoms with Gasteiger partial charge >= 0.3 is 0 Å². The summed E-state index contributed by atoms with van der Waals surface area (Å²) >= 11 is 0. The molecule has 1 aliphatic rings. The van der Waals surface area contributed by atoms with Gasteiger partial charge in [-0.15, -0.1) is 0 Å². The fourth-order valence-corrected chi connectivity index (χ4v) is 2.61. The lowest BCUT2D eigenvalue weighted by molar-refractivity contribution is 0.570. The highest BCUT2D eigenvalue weighted by Gasteiger charge is 2.19. The Kier molecular flexibility index (Phi) is 2.50. The number of halogens is 1. The Labute approximate surface area is 99.8 Å². The first-order valence-corrected chi connectivity index (χ1v) is 6.13. The summed E-state index contributed by atoms with van der Waals surface area (Å²) in [6.45, 7) is 2.06. The summed E-state index contributed by atoms with van der Waals surface area (Å²) in [5, 5.41) is 5.40. The van der Waals surface area contributed by atoms with Crippen LogP contribution in [0.3, 0.4) is 0 Å². The van der Waals surface area contributed by atoms with Crippen molar-refractivity contribution in [2.24, 2.45) is 7.05 Å². The van der Waals surface area contributed by atoms with Gasteiger partial charge in [0.05, 0.1) is 0 Å². The van der Waals surface area contributed by atoms with Crippen molar-refractivity contribution >= 4 is 16.7 Å². The molecule has 4 heteroatoms. The van der Waals surface area contributed by atoms with Crippen LogP contribution in [0.4, 0.5) is 10.2 Å². The van der Waals surface area contributed by atoms with Gasteiger partial charge in [0.1, 0.15) is 11.3 Å². The predicted molar refractivity (Wildman–Crippen MR) is 66.7 cm³/mol. The van der Waals surface area contributed by atoms with Crippen LogP contribution in [0.15, 0.2) is 18.2 Å². The molecule has 0 saturated carbocycles. The molecule has 0 atom stereocenters. The number of fused-ring (bicyclic) bond motifs is 1. The summed E-state index contributed by atoms with van der Waals surface area (Å²) < 4.78 is 15.4. The second-order valence-corrected chi connectivity index (χ2v) is 4.63. The molecule has 0 bridgehead atoms. The predicted octanol–water partition coefficient (Wildman–Crippen LogP) is 2.70. The van der Waals surface area contributed by atoms with E-state index in [2.05, 4.69) is 10.00 Å². The van der Waals surface area contributed by atoms with Gasteiger partial charge in [-0.2, -0.15) is 5.10 Å². The molecule has 2 aromatic rings. The fraction of sp³-hybridized carbons (Fsp3) is 0.462. The summed E-state index contributed by atoms with van der Waals surface area (Å²) in [6, 6.07) is 5.20. The molecule has 0 aliphatic carbocycles. The van der Waals surface area contributed by atoms with Crippen LogP contribution in [-0.4, -0.2) is 22.9 Å². The maximum atomic E-state index is 13.7. The van der Waals surface area contributed by atoms with Crippen LogP contribution in [0, 0.1) is 5.82 Å². The minimum atomic E-state index is -0.194. The Hall–Kier alpha value is -1.58. The summed E-state index contributed by atoms with van der Waals surface area (Å²) in [4.78, 5) is 2.27.